The van der Waals surface area contributed by atoms with E-state index in [9.17, 15) is 9.59 Å². The number of piperidine rings is 1. The fourth-order valence-corrected chi connectivity index (χ4v) is 3.01. The van der Waals surface area contributed by atoms with Crippen molar-refractivity contribution < 1.29 is 14.3 Å². The smallest absolute Gasteiger partial charge is 0.328 e. The van der Waals surface area contributed by atoms with Gasteiger partial charge in [-0.15, -0.1) is 0 Å². The number of esters is 1. The van der Waals surface area contributed by atoms with Crippen LogP contribution in [0.5, 0.6) is 0 Å². The molecule has 5 nitrogen and oxygen atoms in total. The van der Waals surface area contributed by atoms with Crippen molar-refractivity contribution in [1.82, 2.24) is 10.2 Å². The molecule has 5 heteroatoms. The molecular weight excluding hydrogens is 232 g/mol. The fraction of sp³-hybridized carbons (Fsp3) is 0.846. The van der Waals surface area contributed by atoms with Gasteiger partial charge >= 0.3 is 5.97 Å². The standard InChI is InChI=1S/C13H22N2O3/c1-9-10(5-3-7-14-9)12(16)15-8-4-6-11(15)13(17)18-2/h9-11,14H,3-8H2,1-2H3/t9-,10+,11+/m1/s1. The molecule has 2 rings (SSSR count). The van der Waals surface area contributed by atoms with E-state index < -0.39 is 0 Å². The van der Waals surface area contributed by atoms with Gasteiger partial charge in [-0.25, -0.2) is 4.79 Å². The molecule has 0 saturated carbocycles. The van der Waals surface area contributed by atoms with Gasteiger partial charge in [0.15, 0.2) is 0 Å². The molecule has 0 bridgehead atoms. The SMILES string of the molecule is COC(=O)[C@@H]1CCCN1C(=O)[C@H]1CCCN[C@@H]1C. The van der Waals surface area contributed by atoms with Crippen molar-refractivity contribution in [1.29, 1.82) is 0 Å². The third-order valence-electron chi connectivity index (χ3n) is 4.09. The van der Waals surface area contributed by atoms with Gasteiger partial charge in [-0.1, -0.05) is 0 Å². The molecular formula is C13H22N2O3. The van der Waals surface area contributed by atoms with E-state index in [1.165, 1.54) is 7.11 Å². The summed E-state index contributed by atoms with van der Waals surface area (Å²) in [5, 5.41) is 3.33. The minimum absolute atomic E-state index is 0.00371. The minimum Gasteiger partial charge on any atom is -0.467 e. The van der Waals surface area contributed by atoms with Gasteiger partial charge in [0.1, 0.15) is 6.04 Å². The van der Waals surface area contributed by atoms with Gasteiger partial charge in [-0.3, -0.25) is 4.79 Å². The van der Waals surface area contributed by atoms with Crippen molar-refractivity contribution in [2.45, 2.75) is 44.7 Å². The van der Waals surface area contributed by atoms with Gasteiger partial charge < -0.3 is 15.0 Å². The monoisotopic (exact) mass is 254 g/mol. The molecule has 0 aliphatic carbocycles. The molecule has 2 saturated heterocycles. The number of carbonyl (C=O) groups is 2. The average molecular weight is 254 g/mol. The maximum Gasteiger partial charge on any atom is 0.328 e. The van der Waals surface area contributed by atoms with E-state index in [2.05, 4.69) is 5.32 Å². The first kappa shape index (κ1) is 13.3. The van der Waals surface area contributed by atoms with Gasteiger partial charge in [-0.05, 0) is 39.2 Å². The quantitative estimate of drug-likeness (QED) is 0.731. The van der Waals surface area contributed by atoms with Crippen LogP contribution in [0.2, 0.25) is 0 Å². The first-order valence-corrected chi connectivity index (χ1v) is 6.77. The van der Waals surface area contributed by atoms with Gasteiger partial charge in [0, 0.05) is 12.6 Å². The van der Waals surface area contributed by atoms with Crippen LogP contribution in [0.15, 0.2) is 0 Å². The lowest BCUT2D eigenvalue weighted by Crippen LogP contribution is -2.51. The number of hydrogen-bond donors (Lipinski definition) is 1. The third-order valence-corrected chi connectivity index (χ3v) is 4.09. The zero-order chi connectivity index (χ0) is 13.1. The first-order chi connectivity index (χ1) is 8.65. The normalized spacial score (nSPS) is 32.3. The number of carbonyl (C=O) groups excluding carboxylic acids is 2. The van der Waals surface area contributed by atoms with Crippen molar-refractivity contribution in [3.63, 3.8) is 0 Å². The van der Waals surface area contributed by atoms with Gasteiger partial charge in [-0.2, -0.15) is 0 Å². The molecule has 18 heavy (non-hydrogen) atoms. The average Bonchev–Trinajstić information content (AvgIpc) is 2.86. The highest BCUT2D eigenvalue weighted by Crippen LogP contribution is 2.25. The predicted octanol–water partition coefficient (Wildman–Crippen LogP) is 0.539. The van der Waals surface area contributed by atoms with Crippen molar-refractivity contribution in [2.75, 3.05) is 20.2 Å². The Morgan fingerprint density at radius 3 is 2.72 bits per heavy atom. The Kier molecular flexibility index (Phi) is 4.22. The van der Waals surface area contributed by atoms with Gasteiger partial charge in [0.2, 0.25) is 5.91 Å². The second kappa shape index (κ2) is 5.69. The fourth-order valence-electron chi connectivity index (χ4n) is 3.01. The summed E-state index contributed by atoms with van der Waals surface area (Å²) in [6, 6.07) is -0.165. The summed E-state index contributed by atoms with van der Waals surface area (Å²) in [6.07, 6.45) is 3.56. The molecule has 2 heterocycles. The zero-order valence-electron chi connectivity index (χ0n) is 11.1. The van der Waals surface area contributed by atoms with Crippen LogP contribution in [-0.2, 0) is 14.3 Å². The molecule has 0 aromatic carbocycles. The van der Waals surface area contributed by atoms with Gasteiger partial charge in [0.25, 0.3) is 0 Å². The number of ether oxygens (including phenoxy) is 1. The van der Waals surface area contributed by atoms with Crippen LogP contribution in [0.4, 0.5) is 0 Å². The van der Waals surface area contributed by atoms with E-state index in [1.54, 1.807) is 4.90 Å². The lowest BCUT2D eigenvalue weighted by atomic mass is 9.90. The molecule has 3 atom stereocenters. The second-order valence-corrected chi connectivity index (χ2v) is 5.20. The third kappa shape index (κ3) is 2.51. The summed E-state index contributed by atoms with van der Waals surface area (Å²) in [5.74, 6) is -0.163. The van der Waals surface area contributed by atoms with Crippen LogP contribution in [0.1, 0.15) is 32.6 Å². The molecule has 1 amide bonds. The Balaban J connectivity index is 2.05. The zero-order valence-corrected chi connectivity index (χ0v) is 11.1. The number of rotatable bonds is 2. The number of methoxy groups -OCH3 is 1. The van der Waals surface area contributed by atoms with Crippen LogP contribution >= 0.6 is 0 Å². The van der Waals surface area contributed by atoms with E-state index in [4.69, 9.17) is 4.74 Å². The van der Waals surface area contributed by atoms with Crippen LogP contribution in [0.3, 0.4) is 0 Å². The Morgan fingerprint density at radius 2 is 2.06 bits per heavy atom. The van der Waals surface area contributed by atoms with E-state index in [0.29, 0.717) is 6.54 Å². The molecule has 0 aromatic rings. The van der Waals surface area contributed by atoms with Crippen LogP contribution in [0.25, 0.3) is 0 Å². The molecule has 102 valence electrons. The highest BCUT2D eigenvalue weighted by molar-refractivity contribution is 5.86. The molecule has 0 spiro atoms. The number of nitrogens with zero attached hydrogens (tertiary/aromatic N) is 1. The number of likely N-dealkylation sites (tertiary alicyclic amines) is 1. The molecule has 2 aliphatic rings. The first-order valence-electron chi connectivity index (χ1n) is 6.77. The summed E-state index contributed by atoms with van der Waals surface area (Å²) in [4.78, 5) is 25.9. The van der Waals surface area contributed by atoms with E-state index in [-0.39, 0.29) is 29.9 Å². The lowest BCUT2D eigenvalue weighted by Gasteiger charge is -2.33. The van der Waals surface area contributed by atoms with Crippen molar-refractivity contribution in [3.8, 4) is 0 Å². The maximum atomic E-state index is 12.5. The van der Waals surface area contributed by atoms with Crippen molar-refractivity contribution in [2.24, 2.45) is 5.92 Å². The Morgan fingerprint density at radius 1 is 1.28 bits per heavy atom. The molecule has 0 aromatic heterocycles. The number of nitrogens with one attached hydrogen (secondary N) is 1. The van der Waals surface area contributed by atoms with E-state index in [0.717, 1.165) is 32.2 Å². The number of hydrogen-bond acceptors (Lipinski definition) is 4. The van der Waals surface area contributed by atoms with Crippen LogP contribution in [-0.4, -0.2) is 49.1 Å². The van der Waals surface area contributed by atoms with E-state index >= 15 is 0 Å². The topological polar surface area (TPSA) is 58.6 Å². The van der Waals surface area contributed by atoms with Crippen LogP contribution < -0.4 is 5.32 Å². The highest BCUT2D eigenvalue weighted by atomic mass is 16.5. The van der Waals surface area contributed by atoms with Crippen LogP contribution in [0, 0.1) is 5.92 Å². The maximum absolute atomic E-state index is 12.5. The molecule has 0 radical (unpaired) electrons. The van der Waals surface area contributed by atoms with Crippen molar-refractivity contribution >= 4 is 11.9 Å². The van der Waals surface area contributed by atoms with Crippen molar-refractivity contribution in [3.05, 3.63) is 0 Å². The lowest BCUT2D eigenvalue weighted by molar-refractivity contribution is -0.153. The summed E-state index contributed by atoms with van der Waals surface area (Å²) < 4.78 is 4.78. The Hall–Kier alpha value is -1.10. The number of amides is 1. The van der Waals surface area contributed by atoms with Gasteiger partial charge in [0.05, 0.1) is 13.0 Å². The largest absolute Gasteiger partial charge is 0.467 e. The Labute approximate surface area is 108 Å². The molecule has 2 aliphatic heterocycles. The van der Waals surface area contributed by atoms with E-state index in [1.807, 2.05) is 6.92 Å². The minimum atomic E-state index is -0.364. The predicted molar refractivity (Wildman–Crippen MR) is 66.9 cm³/mol. The molecule has 1 N–H and O–H groups in total. The summed E-state index contributed by atoms with van der Waals surface area (Å²) in [6.45, 7) is 3.71. The summed E-state index contributed by atoms with van der Waals surface area (Å²) in [7, 11) is 1.38. The summed E-state index contributed by atoms with van der Waals surface area (Å²) >= 11 is 0. The Bertz CT molecular complexity index is 332. The highest BCUT2D eigenvalue weighted by Gasteiger charge is 2.39. The molecule has 0 unspecified atom stereocenters. The second-order valence-electron chi connectivity index (χ2n) is 5.20. The summed E-state index contributed by atoms with van der Waals surface area (Å²) in [5.41, 5.74) is 0. The molecule has 2 fully saturated rings.